The van der Waals surface area contributed by atoms with Gasteiger partial charge in [-0.05, 0) is 42.2 Å². The molecule has 5 N–H and O–H groups in total. The second-order valence-electron chi connectivity index (χ2n) is 5.91. The van der Waals surface area contributed by atoms with Gasteiger partial charge in [0.25, 0.3) is 11.8 Å². The molecule has 25 heavy (non-hydrogen) atoms. The molecule has 6 heteroatoms. The van der Waals surface area contributed by atoms with Gasteiger partial charge < -0.3 is 11.1 Å². The van der Waals surface area contributed by atoms with Crippen molar-refractivity contribution in [2.45, 2.75) is 32.4 Å². The smallest absolute Gasteiger partial charge is 0.267 e. The first kappa shape index (κ1) is 18.6. The van der Waals surface area contributed by atoms with Gasteiger partial charge >= 0.3 is 0 Å². The molecule has 2 rings (SSSR count). The van der Waals surface area contributed by atoms with Crippen molar-refractivity contribution in [3.05, 3.63) is 59.7 Å². The van der Waals surface area contributed by atoms with Crippen molar-refractivity contribution in [2.75, 3.05) is 0 Å². The summed E-state index contributed by atoms with van der Waals surface area (Å²) in [6, 6.07) is 13.7. The number of amides is 2. The van der Waals surface area contributed by atoms with E-state index in [1.807, 2.05) is 24.3 Å². The number of rotatable bonds is 6. The summed E-state index contributed by atoms with van der Waals surface area (Å²) >= 11 is 0. The molecule has 2 amide bonds. The molecule has 0 aliphatic heterocycles. The highest BCUT2D eigenvalue weighted by molar-refractivity contribution is 5.98. The van der Waals surface area contributed by atoms with Crippen molar-refractivity contribution in [1.82, 2.24) is 10.8 Å². The molecule has 0 saturated carbocycles. The summed E-state index contributed by atoms with van der Waals surface area (Å²) in [6.07, 6.45) is 0.988. The molecule has 0 bridgehead atoms. The summed E-state index contributed by atoms with van der Waals surface area (Å²) in [5.74, 6) is -1.19. The largest absolute Gasteiger partial charge is 0.339 e. The van der Waals surface area contributed by atoms with E-state index >= 15 is 0 Å². The van der Waals surface area contributed by atoms with Gasteiger partial charge in [0.15, 0.2) is 0 Å². The lowest BCUT2D eigenvalue weighted by atomic mass is 10.0. The first-order valence-corrected chi connectivity index (χ1v) is 8.16. The standard InChI is InChI=1S/C19H23N3O3/c1-3-13-4-6-14(7-5-13)15-8-10-16(11-9-15)18(23)21-17(12(2)20)19(24)22-25/h4-12,17,25H,3,20H2,1-2H3,(H,21,23)(H,22,24)/t12-,17+/m1/s1. The second kappa shape index (κ2) is 8.41. The van der Waals surface area contributed by atoms with E-state index in [1.165, 1.54) is 11.0 Å². The van der Waals surface area contributed by atoms with E-state index in [2.05, 4.69) is 24.4 Å². The summed E-state index contributed by atoms with van der Waals surface area (Å²) in [5.41, 5.74) is 10.9. The minimum Gasteiger partial charge on any atom is -0.339 e. The maximum Gasteiger partial charge on any atom is 0.267 e. The molecule has 0 aliphatic rings. The minimum absolute atomic E-state index is 0.408. The van der Waals surface area contributed by atoms with Crippen molar-refractivity contribution in [2.24, 2.45) is 5.73 Å². The Hall–Kier alpha value is -2.70. The zero-order valence-electron chi connectivity index (χ0n) is 14.3. The van der Waals surface area contributed by atoms with Gasteiger partial charge in [-0.2, -0.15) is 0 Å². The van der Waals surface area contributed by atoms with Gasteiger partial charge in [-0.1, -0.05) is 43.3 Å². The monoisotopic (exact) mass is 341 g/mol. The van der Waals surface area contributed by atoms with Gasteiger partial charge in [0, 0.05) is 11.6 Å². The predicted molar refractivity (Wildman–Crippen MR) is 96.1 cm³/mol. The van der Waals surface area contributed by atoms with Crippen LogP contribution in [-0.4, -0.2) is 29.1 Å². The summed E-state index contributed by atoms with van der Waals surface area (Å²) in [6.45, 7) is 3.68. The molecule has 0 fully saturated rings. The highest BCUT2D eigenvalue weighted by atomic mass is 16.5. The molecule has 0 aliphatic carbocycles. The van der Waals surface area contributed by atoms with E-state index in [0.717, 1.165) is 17.5 Å². The number of carbonyl (C=O) groups is 2. The quantitative estimate of drug-likeness (QED) is 0.475. The molecule has 6 nitrogen and oxygen atoms in total. The zero-order chi connectivity index (χ0) is 18.4. The average molecular weight is 341 g/mol. The van der Waals surface area contributed by atoms with E-state index in [1.54, 1.807) is 19.1 Å². The highest BCUT2D eigenvalue weighted by Crippen LogP contribution is 2.20. The van der Waals surface area contributed by atoms with Crippen LogP contribution >= 0.6 is 0 Å². The van der Waals surface area contributed by atoms with Crippen LogP contribution in [0, 0.1) is 0 Å². The normalized spacial score (nSPS) is 13.0. The lowest BCUT2D eigenvalue weighted by Gasteiger charge is -2.20. The molecular formula is C19H23N3O3. The van der Waals surface area contributed by atoms with E-state index in [0.29, 0.717) is 5.56 Å². The van der Waals surface area contributed by atoms with Crippen LogP contribution in [0.2, 0.25) is 0 Å². The van der Waals surface area contributed by atoms with Crippen LogP contribution in [0.15, 0.2) is 48.5 Å². The molecule has 2 atom stereocenters. The van der Waals surface area contributed by atoms with Crippen LogP contribution in [0.5, 0.6) is 0 Å². The fourth-order valence-corrected chi connectivity index (χ4v) is 2.48. The molecule has 0 radical (unpaired) electrons. The summed E-state index contributed by atoms with van der Waals surface area (Å²) in [5, 5.41) is 11.3. The first-order chi connectivity index (χ1) is 12.0. The SMILES string of the molecule is CCc1ccc(-c2ccc(C(=O)N[C@H](C(=O)NO)[C@@H](C)N)cc2)cc1. The molecule has 0 saturated heterocycles. The molecule has 0 aromatic heterocycles. The topological polar surface area (TPSA) is 104 Å². The van der Waals surface area contributed by atoms with E-state index in [4.69, 9.17) is 10.9 Å². The number of hydrogen-bond donors (Lipinski definition) is 4. The van der Waals surface area contributed by atoms with Crippen LogP contribution in [0.4, 0.5) is 0 Å². The van der Waals surface area contributed by atoms with Gasteiger partial charge in [-0.25, -0.2) is 5.48 Å². The number of nitrogens with two attached hydrogens (primary N) is 1. The van der Waals surface area contributed by atoms with Crippen LogP contribution in [0.3, 0.4) is 0 Å². The van der Waals surface area contributed by atoms with Gasteiger partial charge in [0.2, 0.25) is 0 Å². The Labute approximate surface area is 147 Å². The van der Waals surface area contributed by atoms with E-state index in [9.17, 15) is 9.59 Å². The van der Waals surface area contributed by atoms with Gasteiger partial charge in [0.05, 0.1) is 0 Å². The Morgan fingerprint density at radius 1 is 1.04 bits per heavy atom. The Morgan fingerprint density at radius 3 is 2.00 bits per heavy atom. The Kier molecular flexibility index (Phi) is 6.27. The lowest BCUT2D eigenvalue weighted by Crippen LogP contribution is -2.54. The maximum atomic E-state index is 12.3. The van der Waals surface area contributed by atoms with Crippen LogP contribution in [0.1, 0.15) is 29.8 Å². The highest BCUT2D eigenvalue weighted by Gasteiger charge is 2.24. The number of benzene rings is 2. The predicted octanol–water partition coefficient (Wildman–Crippen LogP) is 1.87. The number of nitrogens with one attached hydrogen (secondary N) is 2. The minimum atomic E-state index is -1.02. The lowest BCUT2D eigenvalue weighted by molar-refractivity contribution is -0.131. The van der Waals surface area contributed by atoms with Crippen molar-refractivity contribution in [1.29, 1.82) is 0 Å². The van der Waals surface area contributed by atoms with Crippen molar-refractivity contribution in [3.63, 3.8) is 0 Å². The van der Waals surface area contributed by atoms with Crippen molar-refractivity contribution >= 4 is 11.8 Å². The number of carbonyl (C=O) groups excluding carboxylic acids is 2. The second-order valence-corrected chi connectivity index (χ2v) is 5.91. The Morgan fingerprint density at radius 2 is 1.56 bits per heavy atom. The molecule has 132 valence electrons. The fourth-order valence-electron chi connectivity index (χ4n) is 2.48. The average Bonchev–Trinajstić information content (AvgIpc) is 2.65. The third kappa shape index (κ3) is 4.65. The van der Waals surface area contributed by atoms with Crippen molar-refractivity contribution in [3.8, 4) is 11.1 Å². The molecular weight excluding hydrogens is 318 g/mol. The van der Waals surface area contributed by atoms with Gasteiger partial charge in [0.1, 0.15) is 6.04 Å². The fraction of sp³-hybridized carbons (Fsp3) is 0.263. The van der Waals surface area contributed by atoms with Crippen LogP contribution in [0.25, 0.3) is 11.1 Å². The number of hydrogen-bond acceptors (Lipinski definition) is 4. The van der Waals surface area contributed by atoms with E-state index in [-0.39, 0.29) is 0 Å². The van der Waals surface area contributed by atoms with E-state index < -0.39 is 23.9 Å². The van der Waals surface area contributed by atoms with Gasteiger partial charge in [-0.3, -0.25) is 14.8 Å². The van der Waals surface area contributed by atoms with Crippen LogP contribution < -0.4 is 16.5 Å². The summed E-state index contributed by atoms with van der Waals surface area (Å²) in [4.78, 5) is 23.8. The summed E-state index contributed by atoms with van der Waals surface area (Å²) in [7, 11) is 0. The third-order valence-corrected chi connectivity index (χ3v) is 4.05. The Bertz CT molecular complexity index is 725. The maximum absolute atomic E-state index is 12.3. The van der Waals surface area contributed by atoms with Crippen molar-refractivity contribution < 1.29 is 14.8 Å². The molecule has 2 aromatic carbocycles. The zero-order valence-corrected chi connectivity index (χ0v) is 14.3. The molecule has 0 heterocycles. The first-order valence-electron chi connectivity index (χ1n) is 8.16. The number of hydroxylamine groups is 1. The van der Waals surface area contributed by atoms with Crippen LogP contribution in [-0.2, 0) is 11.2 Å². The molecule has 2 aromatic rings. The Balaban J connectivity index is 2.12. The third-order valence-electron chi connectivity index (χ3n) is 4.05. The number of aryl methyl sites for hydroxylation is 1. The van der Waals surface area contributed by atoms with Gasteiger partial charge in [-0.15, -0.1) is 0 Å². The molecule has 0 spiro atoms. The summed E-state index contributed by atoms with van der Waals surface area (Å²) < 4.78 is 0. The molecule has 0 unspecified atom stereocenters.